The Balaban J connectivity index is 2.26. The predicted octanol–water partition coefficient (Wildman–Crippen LogP) is 2.72. The summed E-state index contributed by atoms with van der Waals surface area (Å²) in [6, 6.07) is 4.13. The molecule has 2 atom stereocenters. The van der Waals surface area contributed by atoms with Gasteiger partial charge >= 0.3 is 6.18 Å². The minimum absolute atomic E-state index is 0.0726. The van der Waals surface area contributed by atoms with Gasteiger partial charge in [0.2, 0.25) is 0 Å². The summed E-state index contributed by atoms with van der Waals surface area (Å²) in [6.45, 7) is 0.337. The van der Waals surface area contributed by atoms with Gasteiger partial charge in [0, 0.05) is 11.6 Å². The summed E-state index contributed by atoms with van der Waals surface area (Å²) in [4.78, 5) is 0. The van der Waals surface area contributed by atoms with Crippen molar-refractivity contribution in [2.24, 2.45) is 0 Å². The largest absolute Gasteiger partial charge is 0.497 e. The molecule has 1 fully saturated rings. The molecule has 20 heavy (non-hydrogen) atoms. The Morgan fingerprint density at radius 1 is 1.30 bits per heavy atom. The minimum Gasteiger partial charge on any atom is -0.497 e. The van der Waals surface area contributed by atoms with E-state index < -0.39 is 12.3 Å². The van der Waals surface area contributed by atoms with Crippen LogP contribution in [0.4, 0.5) is 13.2 Å². The van der Waals surface area contributed by atoms with Crippen molar-refractivity contribution in [3.05, 3.63) is 23.8 Å². The average Bonchev–Trinajstić information content (AvgIpc) is 3.21. The van der Waals surface area contributed by atoms with Crippen LogP contribution >= 0.6 is 0 Å². The topological polar surface area (TPSA) is 40.2 Å². The Hall–Kier alpha value is -1.47. The van der Waals surface area contributed by atoms with Crippen LogP contribution < -0.4 is 9.47 Å². The second-order valence-corrected chi connectivity index (χ2v) is 4.32. The first-order valence-corrected chi connectivity index (χ1v) is 5.97. The normalized spacial score (nSPS) is 19.6. The first-order chi connectivity index (χ1) is 9.45. The lowest BCUT2D eigenvalue weighted by molar-refractivity contribution is -0.225. The minimum atomic E-state index is -4.53. The summed E-state index contributed by atoms with van der Waals surface area (Å²) in [5, 5.41) is 0. The third-order valence-electron chi connectivity index (χ3n) is 2.87. The molecule has 0 aliphatic carbocycles. The van der Waals surface area contributed by atoms with Gasteiger partial charge in [-0.05, 0) is 12.1 Å². The van der Waals surface area contributed by atoms with Crippen molar-refractivity contribution >= 4 is 0 Å². The number of hydrogen-bond acceptors (Lipinski definition) is 4. The molecule has 0 spiro atoms. The van der Waals surface area contributed by atoms with Crippen LogP contribution in [0.25, 0.3) is 0 Å². The zero-order valence-corrected chi connectivity index (χ0v) is 11.1. The number of ether oxygens (including phenoxy) is 4. The van der Waals surface area contributed by atoms with E-state index in [-0.39, 0.29) is 24.0 Å². The second kappa shape index (κ2) is 5.88. The maximum absolute atomic E-state index is 13.1. The van der Waals surface area contributed by atoms with Crippen LogP contribution in [0.5, 0.6) is 11.5 Å². The highest BCUT2D eigenvalue weighted by Gasteiger charge is 2.44. The quantitative estimate of drug-likeness (QED) is 0.756. The first-order valence-electron chi connectivity index (χ1n) is 5.97. The Morgan fingerprint density at radius 3 is 2.50 bits per heavy atom. The summed E-state index contributed by atoms with van der Waals surface area (Å²) in [7, 11) is 2.73. The molecule has 7 heteroatoms. The van der Waals surface area contributed by atoms with Crippen molar-refractivity contribution in [3.63, 3.8) is 0 Å². The Kier molecular flexibility index (Phi) is 4.39. The summed E-state index contributed by atoms with van der Waals surface area (Å²) in [6.07, 6.45) is -6.83. The van der Waals surface area contributed by atoms with Crippen LogP contribution in [0.2, 0.25) is 0 Å². The summed E-state index contributed by atoms with van der Waals surface area (Å²) in [5.74, 6) is 0.487. The van der Waals surface area contributed by atoms with E-state index in [0.717, 1.165) is 0 Å². The van der Waals surface area contributed by atoms with E-state index in [1.54, 1.807) is 0 Å². The van der Waals surface area contributed by atoms with Gasteiger partial charge in [-0.1, -0.05) is 0 Å². The molecule has 2 rings (SSSR count). The van der Waals surface area contributed by atoms with Gasteiger partial charge in [-0.15, -0.1) is 0 Å². The van der Waals surface area contributed by atoms with Crippen molar-refractivity contribution < 1.29 is 32.1 Å². The standard InChI is InChI=1S/C13H15F3O4/c1-17-8-3-4-10(11(5-8)18-2)12(13(14,15)16)20-7-9-6-19-9/h3-5,9,12H,6-7H2,1-2H3/t9-,12-/m0/s1. The average molecular weight is 292 g/mol. The van der Waals surface area contributed by atoms with Gasteiger partial charge in [0.15, 0.2) is 6.10 Å². The molecule has 1 heterocycles. The van der Waals surface area contributed by atoms with E-state index in [1.807, 2.05) is 0 Å². The molecule has 0 saturated carbocycles. The van der Waals surface area contributed by atoms with Crippen LogP contribution in [0, 0.1) is 0 Å². The molecular formula is C13H15F3O4. The molecule has 1 aliphatic rings. The van der Waals surface area contributed by atoms with E-state index in [0.29, 0.717) is 12.4 Å². The SMILES string of the molecule is COc1ccc([C@H](OC[C@@H]2CO2)C(F)(F)F)c(OC)c1. The van der Waals surface area contributed by atoms with E-state index in [2.05, 4.69) is 0 Å². The highest BCUT2D eigenvalue weighted by Crippen LogP contribution is 2.41. The molecule has 1 saturated heterocycles. The number of methoxy groups -OCH3 is 2. The smallest absolute Gasteiger partial charge is 0.418 e. The Bertz CT molecular complexity index is 457. The van der Waals surface area contributed by atoms with Gasteiger partial charge in [-0.25, -0.2) is 0 Å². The first kappa shape index (κ1) is 14.9. The third kappa shape index (κ3) is 3.55. The fourth-order valence-corrected chi connectivity index (χ4v) is 1.76. The fourth-order valence-electron chi connectivity index (χ4n) is 1.76. The lowest BCUT2D eigenvalue weighted by Gasteiger charge is -2.23. The van der Waals surface area contributed by atoms with E-state index in [4.69, 9.17) is 18.9 Å². The molecule has 0 radical (unpaired) electrons. The van der Waals surface area contributed by atoms with E-state index in [9.17, 15) is 13.2 Å². The maximum atomic E-state index is 13.1. The third-order valence-corrected chi connectivity index (χ3v) is 2.87. The Labute approximate surface area is 114 Å². The number of alkyl halides is 3. The number of epoxide rings is 1. The lowest BCUT2D eigenvalue weighted by atomic mass is 10.1. The van der Waals surface area contributed by atoms with Gasteiger partial charge in [0.25, 0.3) is 0 Å². The number of rotatable bonds is 6. The molecule has 1 aromatic rings. The van der Waals surface area contributed by atoms with E-state index >= 15 is 0 Å². The van der Waals surface area contributed by atoms with Gasteiger partial charge in [-0.2, -0.15) is 13.2 Å². The Morgan fingerprint density at radius 2 is 2.00 bits per heavy atom. The molecular weight excluding hydrogens is 277 g/mol. The summed E-state index contributed by atoms with van der Waals surface area (Å²) < 4.78 is 59.1. The molecule has 0 aromatic heterocycles. The van der Waals surface area contributed by atoms with Gasteiger partial charge in [-0.3, -0.25) is 0 Å². The van der Waals surface area contributed by atoms with Crippen LogP contribution in [-0.4, -0.2) is 39.7 Å². The number of halogens is 3. The zero-order chi connectivity index (χ0) is 14.8. The second-order valence-electron chi connectivity index (χ2n) is 4.32. The van der Waals surface area contributed by atoms with Crippen LogP contribution in [-0.2, 0) is 9.47 Å². The lowest BCUT2D eigenvalue weighted by Crippen LogP contribution is -2.25. The molecule has 112 valence electrons. The molecule has 1 aliphatic heterocycles. The van der Waals surface area contributed by atoms with Crippen molar-refractivity contribution in [2.75, 3.05) is 27.4 Å². The van der Waals surface area contributed by atoms with Crippen molar-refractivity contribution in [1.29, 1.82) is 0 Å². The van der Waals surface area contributed by atoms with Gasteiger partial charge in [0.05, 0.1) is 27.4 Å². The fraction of sp³-hybridized carbons (Fsp3) is 0.538. The number of hydrogen-bond donors (Lipinski definition) is 0. The molecule has 1 aromatic carbocycles. The molecule has 0 amide bonds. The summed E-state index contributed by atoms with van der Waals surface area (Å²) >= 11 is 0. The highest BCUT2D eigenvalue weighted by atomic mass is 19.4. The monoisotopic (exact) mass is 292 g/mol. The zero-order valence-electron chi connectivity index (χ0n) is 11.1. The van der Waals surface area contributed by atoms with Crippen molar-refractivity contribution in [3.8, 4) is 11.5 Å². The van der Waals surface area contributed by atoms with Crippen LogP contribution in [0.1, 0.15) is 11.7 Å². The van der Waals surface area contributed by atoms with Crippen molar-refractivity contribution in [2.45, 2.75) is 18.4 Å². The van der Waals surface area contributed by atoms with Crippen molar-refractivity contribution in [1.82, 2.24) is 0 Å². The van der Waals surface area contributed by atoms with Crippen LogP contribution in [0.3, 0.4) is 0 Å². The van der Waals surface area contributed by atoms with Gasteiger partial charge < -0.3 is 18.9 Å². The summed E-state index contributed by atoms with van der Waals surface area (Å²) in [5.41, 5.74) is -0.0820. The highest BCUT2D eigenvalue weighted by molar-refractivity contribution is 5.42. The molecule has 0 bridgehead atoms. The molecule has 0 unspecified atom stereocenters. The van der Waals surface area contributed by atoms with Gasteiger partial charge in [0.1, 0.15) is 17.6 Å². The predicted molar refractivity (Wildman–Crippen MR) is 64.0 cm³/mol. The molecule has 4 nitrogen and oxygen atoms in total. The number of benzene rings is 1. The maximum Gasteiger partial charge on any atom is 0.418 e. The molecule has 0 N–H and O–H groups in total. The van der Waals surface area contributed by atoms with E-state index in [1.165, 1.54) is 32.4 Å². The van der Waals surface area contributed by atoms with Crippen LogP contribution in [0.15, 0.2) is 18.2 Å².